The smallest absolute Gasteiger partial charge is 0.326 e. The van der Waals surface area contributed by atoms with Gasteiger partial charge in [-0.2, -0.15) is 0 Å². The molecule has 0 spiro atoms. The van der Waals surface area contributed by atoms with Crippen molar-refractivity contribution in [3.8, 4) is 0 Å². The number of nitrogens with zero attached hydrogens (tertiary/aromatic N) is 1. The first-order valence-electron chi connectivity index (χ1n) is 6.44. The second kappa shape index (κ2) is 9.72. The Kier molecular flexibility index (Phi) is 7.84. The van der Waals surface area contributed by atoms with Gasteiger partial charge in [0.15, 0.2) is 0 Å². The lowest BCUT2D eigenvalue weighted by molar-refractivity contribution is -0.139. The summed E-state index contributed by atoms with van der Waals surface area (Å²) in [6, 6.07) is -1.59. The Bertz CT molecular complexity index is 423. The summed E-state index contributed by atoms with van der Waals surface area (Å²) in [5.74, 6) is -1.11. The van der Waals surface area contributed by atoms with E-state index in [0.29, 0.717) is 25.5 Å². The molecule has 1 aromatic rings. The molecule has 9 nitrogen and oxygen atoms in total. The van der Waals surface area contributed by atoms with Crippen molar-refractivity contribution in [2.75, 3.05) is 33.5 Å². The van der Waals surface area contributed by atoms with Crippen LogP contribution in [-0.2, 0) is 20.7 Å². The SMILES string of the molecule is COCCOCCNC(=O)N[C@H](Cc1cnc[nH]1)C(=O)O. The molecule has 0 radical (unpaired) electrons. The molecule has 0 bridgehead atoms. The van der Waals surface area contributed by atoms with Crippen molar-refractivity contribution >= 4 is 12.0 Å². The summed E-state index contributed by atoms with van der Waals surface area (Å²) in [4.78, 5) is 29.3. The van der Waals surface area contributed by atoms with Crippen LogP contribution in [0, 0.1) is 0 Å². The molecule has 0 aliphatic rings. The van der Waals surface area contributed by atoms with Gasteiger partial charge in [-0.15, -0.1) is 0 Å². The van der Waals surface area contributed by atoms with E-state index >= 15 is 0 Å². The molecular formula is C12H20N4O5. The molecule has 0 aromatic carbocycles. The molecule has 0 saturated carbocycles. The fourth-order valence-corrected chi connectivity index (χ4v) is 1.51. The van der Waals surface area contributed by atoms with E-state index in [0.717, 1.165) is 0 Å². The van der Waals surface area contributed by atoms with Gasteiger partial charge >= 0.3 is 12.0 Å². The number of urea groups is 1. The molecule has 0 aliphatic carbocycles. The number of aliphatic carboxylic acids is 1. The van der Waals surface area contributed by atoms with Gasteiger partial charge in [-0.3, -0.25) is 0 Å². The van der Waals surface area contributed by atoms with Crippen molar-refractivity contribution in [2.24, 2.45) is 0 Å². The number of methoxy groups -OCH3 is 1. The molecule has 2 amide bonds. The molecule has 0 fully saturated rings. The fraction of sp³-hybridized carbons (Fsp3) is 0.583. The van der Waals surface area contributed by atoms with Crippen molar-refractivity contribution in [3.63, 3.8) is 0 Å². The number of hydrogen-bond acceptors (Lipinski definition) is 5. The third kappa shape index (κ3) is 7.28. The third-order valence-corrected chi connectivity index (χ3v) is 2.55. The number of imidazole rings is 1. The molecule has 9 heteroatoms. The Morgan fingerprint density at radius 3 is 2.86 bits per heavy atom. The van der Waals surface area contributed by atoms with E-state index in [-0.39, 0.29) is 13.0 Å². The van der Waals surface area contributed by atoms with Crippen molar-refractivity contribution < 1.29 is 24.2 Å². The number of H-pyrrole nitrogens is 1. The zero-order valence-electron chi connectivity index (χ0n) is 11.8. The van der Waals surface area contributed by atoms with Crippen LogP contribution < -0.4 is 10.6 Å². The summed E-state index contributed by atoms with van der Waals surface area (Å²) < 4.78 is 9.97. The monoisotopic (exact) mass is 300 g/mol. The highest BCUT2D eigenvalue weighted by Gasteiger charge is 2.20. The Balaban J connectivity index is 2.24. The van der Waals surface area contributed by atoms with Crippen LogP contribution in [0.15, 0.2) is 12.5 Å². The molecule has 21 heavy (non-hydrogen) atoms. The van der Waals surface area contributed by atoms with Crippen molar-refractivity contribution in [1.29, 1.82) is 0 Å². The minimum atomic E-state index is -1.11. The number of amides is 2. The van der Waals surface area contributed by atoms with Gasteiger partial charge in [0, 0.05) is 32.0 Å². The predicted octanol–water partition coefficient (Wildman–Crippen LogP) is -0.632. The minimum absolute atomic E-state index is 0.132. The fourth-order valence-electron chi connectivity index (χ4n) is 1.51. The standard InChI is InChI=1S/C12H20N4O5/c1-20-4-5-21-3-2-14-12(19)16-10(11(17)18)6-9-7-13-8-15-9/h7-8,10H,2-6H2,1H3,(H,13,15)(H,17,18)(H2,14,16,19)/t10-/m1/s1. The van der Waals surface area contributed by atoms with Gasteiger partial charge in [0.2, 0.25) is 0 Å². The molecule has 1 heterocycles. The van der Waals surface area contributed by atoms with E-state index in [1.165, 1.54) is 12.5 Å². The summed E-state index contributed by atoms with van der Waals surface area (Å²) in [5, 5.41) is 14.0. The number of carboxylic acid groups (broad SMARTS) is 1. The number of ether oxygens (including phenoxy) is 2. The van der Waals surface area contributed by atoms with Crippen LogP contribution in [0.2, 0.25) is 0 Å². The van der Waals surface area contributed by atoms with Crippen LogP contribution in [-0.4, -0.2) is 66.6 Å². The summed E-state index contributed by atoms with van der Waals surface area (Å²) >= 11 is 0. The summed E-state index contributed by atoms with van der Waals surface area (Å²) in [5.41, 5.74) is 0.630. The maximum atomic E-state index is 11.6. The summed E-state index contributed by atoms with van der Waals surface area (Å²) in [7, 11) is 1.57. The predicted molar refractivity (Wildman–Crippen MR) is 72.9 cm³/mol. The first kappa shape index (κ1) is 16.9. The van der Waals surface area contributed by atoms with Crippen molar-refractivity contribution in [3.05, 3.63) is 18.2 Å². The molecule has 4 N–H and O–H groups in total. The second-order valence-electron chi connectivity index (χ2n) is 4.18. The molecule has 1 rings (SSSR count). The molecule has 1 aromatic heterocycles. The van der Waals surface area contributed by atoms with E-state index < -0.39 is 18.0 Å². The highest BCUT2D eigenvalue weighted by molar-refractivity contribution is 5.82. The van der Waals surface area contributed by atoms with Crippen LogP contribution in [0.1, 0.15) is 5.69 Å². The van der Waals surface area contributed by atoms with Gasteiger partial charge in [-0.25, -0.2) is 14.6 Å². The molecular weight excluding hydrogens is 280 g/mol. The third-order valence-electron chi connectivity index (χ3n) is 2.55. The normalized spacial score (nSPS) is 11.9. The molecule has 0 aliphatic heterocycles. The van der Waals surface area contributed by atoms with Crippen LogP contribution in [0.25, 0.3) is 0 Å². The number of rotatable bonds is 10. The van der Waals surface area contributed by atoms with Gasteiger partial charge < -0.3 is 30.2 Å². The van der Waals surface area contributed by atoms with Gasteiger partial charge in [0.1, 0.15) is 6.04 Å². The van der Waals surface area contributed by atoms with Gasteiger partial charge in [0.25, 0.3) is 0 Å². The quantitative estimate of drug-likeness (QED) is 0.426. The van der Waals surface area contributed by atoms with Crippen LogP contribution in [0.4, 0.5) is 4.79 Å². The number of carboxylic acids is 1. The van der Waals surface area contributed by atoms with E-state index in [9.17, 15) is 9.59 Å². The molecule has 0 saturated heterocycles. The minimum Gasteiger partial charge on any atom is -0.480 e. The van der Waals surface area contributed by atoms with Crippen molar-refractivity contribution in [1.82, 2.24) is 20.6 Å². The Morgan fingerprint density at radius 2 is 2.24 bits per heavy atom. The van der Waals surface area contributed by atoms with E-state index in [1.807, 2.05) is 0 Å². The average molecular weight is 300 g/mol. The van der Waals surface area contributed by atoms with E-state index in [1.54, 1.807) is 7.11 Å². The summed E-state index contributed by atoms with van der Waals surface area (Å²) in [6.45, 7) is 1.54. The van der Waals surface area contributed by atoms with Gasteiger partial charge in [-0.05, 0) is 0 Å². The number of hydrogen-bond donors (Lipinski definition) is 4. The Labute approximate surface area is 122 Å². The molecule has 118 valence electrons. The molecule has 0 unspecified atom stereocenters. The Hall–Kier alpha value is -2.13. The number of aromatic amines is 1. The average Bonchev–Trinajstić information content (AvgIpc) is 2.95. The van der Waals surface area contributed by atoms with Crippen LogP contribution >= 0.6 is 0 Å². The highest BCUT2D eigenvalue weighted by Crippen LogP contribution is 1.98. The maximum Gasteiger partial charge on any atom is 0.326 e. The first-order valence-corrected chi connectivity index (χ1v) is 6.44. The van der Waals surface area contributed by atoms with Crippen LogP contribution in [0.3, 0.4) is 0 Å². The lowest BCUT2D eigenvalue weighted by Crippen LogP contribution is -2.47. The topological polar surface area (TPSA) is 126 Å². The van der Waals surface area contributed by atoms with Gasteiger partial charge in [-0.1, -0.05) is 0 Å². The number of carbonyl (C=O) groups is 2. The zero-order chi connectivity index (χ0) is 15.5. The lowest BCUT2D eigenvalue weighted by Gasteiger charge is -2.14. The van der Waals surface area contributed by atoms with E-state index in [4.69, 9.17) is 14.6 Å². The second-order valence-corrected chi connectivity index (χ2v) is 4.18. The number of nitrogens with one attached hydrogen (secondary N) is 3. The van der Waals surface area contributed by atoms with E-state index in [2.05, 4.69) is 20.6 Å². The largest absolute Gasteiger partial charge is 0.480 e. The number of aromatic nitrogens is 2. The van der Waals surface area contributed by atoms with Gasteiger partial charge in [0.05, 0.1) is 26.1 Å². The molecule has 1 atom stereocenters. The summed E-state index contributed by atoms with van der Waals surface area (Å²) in [6.07, 6.45) is 3.10. The lowest BCUT2D eigenvalue weighted by atomic mass is 10.2. The van der Waals surface area contributed by atoms with Crippen LogP contribution in [0.5, 0.6) is 0 Å². The number of carbonyl (C=O) groups excluding carboxylic acids is 1. The zero-order valence-corrected chi connectivity index (χ0v) is 11.8. The maximum absolute atomic E-state index is 11.6. The first-order chi connectivity index (χ1) is 10.1. The Morgan fingerprint density at radius 1 is 1.43 bits per heavy atom. The van der Waals surface area contributed by atoms with Crippen molar-refractivity contribution in [2.45, 2.75) is 12.5 Å². The highest BCUT2D eigenvalue weighted by atomic mass is 16.5.